The number of thioether (sulfide) groups is 1. The Morgan fingerprint density at radius 1 is 1.17 bits per heavy atom. The number of nitrogens with zero attached hydrogens (tertiary/aromatic N) is 4. The van der Waals surface area contributed by atoms with E-state index in [0.717, 1.165) is 29.4 Å². The summed E-state index contributed by atoms with van der Waals surface area (Å²) in [4.78, 5) is 16.8. The van der Waals surface area contributed by atoms with Gasteiger partial charge in [-0.25, -0.2) is 4.98 Å². The van der Waals surface area contributed by atoms with Crippen molar-refractivity contribution in [3.63, 3.8) is 0 Å². The highest BCUT2D eigenvalue weighted by Crippen LogP contribution is 2.39. The average molecular weight is 462 g/mol. The second-order valence-electron chi connectivity index (χ2n) is 7.21. The number of anilines is 1. The molecule has 4 rings (SSSR count). The molecule has 1 N–H and O–H groups in total. The van der Waals surface area contributed by atoms with Crippen LogP contribution in [0, 0.1) is 0 Å². The first-order chi connectivity index (χ1) is 14.5. The molecule has 0 saturated heterocycles. The smallest absolute Gasteiger partial charge is 0.238 e. The summed E-state index contributed by atoms with van der Waals surface area (Å²) in [5.74, 6) is 1.06. The molecule has 9 heteroatoms. The SMILES string of the molecule is CC(Sc1nnc(-c2ccccc2Cl)n1C1CCCC1)C(=O)Nc1ccc(Cl)cn1. The Kier molecular flexibility index (Phi) is 6.61. The molecule has 6 nitrogen and oxygen atoms in total. The van der Waals surface area contributed by atoms with Crippen molar-refractivity contribution < 1.29 is 4.79 Å². The van der Waals surface area contributed by atoms with Crippen LogP contribution in [0.3, 0.4) is 0 Å². The minimum atomic E-state index is -0.383. The second kappa shape index (κ2) is 9.37. The number of amides is 1. The summed E-state index contributed by atoms with van der Waals surface area (Å²) in [7, 11) is 0. The van der Waals surface area contributed by atoms with Gasteiger partial charge < -0.3 is 5.32 Å². The van der Waals surface area contributed by atoms with Crippen LogP contribution in [0.25, 0.3) is 11.4 Å². The molecule has 0 bridgehead atoms. The number of pyridine rings is 1. The molecule has 3 aromatic rings. The summed E-state index contributed by atoms with van der Waals surface area (Å²) in [5, 5.41) is 13.2. The van der Waals surface area contributed by atoms with E-state index in [2.05, 4.69) is 25.1 Å². The zero-order valence-electron chi connectivity index (χ0n) is 16.4. The first-order valence-electron chi connectivity index (χ1n) is 9.82. The molecule has 156 valence electrons. The fourth-order valence-electron chi connectivity index (χ4n) is 3.56. The van der Waals surface area contributed by atoms with Gasteiger partial charge in [0.15, 0.2) is 11.0 Å². The average Bonchev–Trinajstić information content (AvgIpc) is 3.40. The molecule has 1 amide bonds. The maximum Gasteiger partial charge on any atom is 0.238 e. The molecule has 1 aliphatic carbocycles. The van der Waals surface area contributed by atoms with Crippen molar-refractivity contribution >= 4 is 46.7 Å². The predicted molar refractivity (Wildman–Crippen MR) is 121 cm³/mol. The van der Waals surface area contributed by atoms with Crippen LogP contribution in [0.1, 0.15) is 38.6 Å². The Balaban J connectivity index is 1.58. The number of rotatable bonds is 6. The largest absolute Gasteiger partial charge is 0.310 e. The third-order valence-electron chi connectivity index (χ3n) is 5.10. The highest BCUT2D eigenvalue weighted by Gasteiger charge is 2.28. The molecule has 0 radical (unpaired) electrons. The molecule has 2 heterocycles. The monoisotopic (exact) mass is 461 g/mol. The summed E-state index contributed by atoms with van der Waals surface area (Å²) in [6.07, 6.45) is 5.98. The lowest BCUT2D eigenvalue weighted by Crippen LogP contribution is -2.23. The molecule has 1 unspecified atom stereocenters. The quantitative estimate of drug-likeness (QED) is 0.463. The van der Waals surface area contributed by atoms with E-state index in [1.54, 1.807) is 12.1 Å². The summed E-state index contributed by atoms with van der Waals surface area (Å²) >= 11 is 13.7. The van der Waals surface area contributed by atoms with Crippen molar-refractivity contribution in [1.29, 1.82) is 0 Å². The summed E-state index contributed by atoms with van der Waals surface area (Å²) < 4.78 is 2.16. The third-order valence-corrected chi connectivity index (χ3v) is 6.71. The van der Waals surface area contributed by atoms with Crippen molar-refractivity contribution in [1.82, 2.24) is 19.7 Å². The second-order valence-corrected chi connectivity index (χ2v) is 9.36. The normalized spacial score (nSPS) is 15.3. The van der Waals surface area contributed by atoms with Gasteiger partial charge in [-0.1, -0.05) is 59.9 Å². The van der Waals surface area contributed by atoms with E-state index in [4.69, 9.17) is 23.2 Å². The van der Waals surface area contributed by atoms with E-state index in [-0.39, 0.29) is 11.2 Å². The lowest BCUT2D eigenvalue weighted by molar-refractivity contribution is -0.115. The van der Waals surface area contributed by atoms with Gasteiger partial charge in [0, 0.05) is 17.8 Å². The molecule has 30 heavy (non-hydrogen) atoms. The Morgan fingerprint density at radius 3 is 2.63 bits per heavy atom. The van der Waals surface area contributed by atoms with Crippen molar-refractivity contribution in [2.24, 2.45) is 0 Å². The van der Waals surface area contributed by atoms with E-state index in [9.17, 15) is 4.79 Å². The van der Waals surface area contributed by atoms with Crippen LogP contribution in [0.15, 0.2) is 47.8 Å². The Bertz CT molecular complexity index is 1030. The lowest BCUT2D eigenvalue weighted by Gasteiger charge is -2.18. The van der Waals surface area contributed by atoms with Gasteiger partial charge in [0.1, 0.15) is 5.82 Å². The third kappa shape index (κ3) is 4.63. The molecular formula is C21H21Cl2N5OS. The number of benzene rings is 1. The van der Waals surface area contributed by atoms with Crippen LogP contribution >= 0.6 is 35.0 Å². The summed E-state index contributed by atoms with van der Waals surface area (Å²) in [6, 6.07) is 11.3. The molecule has 1 atom stereocenters. The van der Waals surface area contributed by atoms with E-state index >= 15 is 0 Å². The van der Waals surface area contributed by atoms with E-state index in [0.29, 0.717) is 21.9 Å². The van der Waals surface area contributed by atoms with Crippen LogP contribution in [0.2, 0.25) is 10.0 Å². The summed E-state index contributed by atoms with van der Waals surface area (Å²) in [6.45, 7) is 1.85. The van der Waals surface area contributed by atoms with Crippen LogP contribution in [0.4, 0.5) is 5.82 Å². The van der Waals surface area contributed by atoms with E-state index in [1.807, 2.05) is 31.2 Å². The molecule has 1 aromatic carbocycles. The molecule has 1 saturated carbocycles. The topological polar surface area (TPSA) is 72.7 Å². The van der Waals surface area contributed by atoms with Gasteiger partial charge in [-0.05, 0) is 44.0 Å². The zero-order chi connectivity index (χ0) is 21.1. The molecular weight excluding hydrogens is 441 g/mol. The van der Waals surface area contributed by atoms with Gasteiger partial charge in [0.2, 0.25) is 5.91 Å². The maximum absolute atomic E-state index is 12.7. The number of halogens is 2. The van der Waals surface area contributed by atoms with Crippen LogP contribution in [-0.2, 0) is 4.79 Å². The first kappa shape index (κ1) is 21.2. The van der Waals surface area contributed by atoms with Gasteiger partial charge in [-0.2, -0.15) is 0 Å². The molecule has 0 spiro atoms. The molecule has 1 aliphatic rings. The maximum atomic E-state index is 12.7. The van der Waals surface area contributed by atoms with Crippen molar-refractivity contribution in [3.05, 3.63) is 52.6 Å². The summed E-state index contributed by atoms with van der Waals surface area (Å²) in [5.41, 5.74) is 0.855. The van der Waals surface area contributed by atoms with Crippen molar-refractivity contribution in [2.45, 2.75) is 49.1 Å². The Hall–Kier alpha value is -2.09. The molecule has 2 aromatic heterocycles. The van der Waals surface area contributed by atoms with Crippen LogP contribution < -0.4 is 5.32 Å². The van der Waals surface area contributed by atoms with Gasteiger partial charge in [0.05, 0.1) is 15.3 Å². The van der Waals surface area contributed by atoms with Crippen molar-refractivity contribution in [2.75, 3.05) is 5.32 Å². The van der Waals surface area contributed by atoms with Crippen LogP contribution in [-0.4, -0.2) is 30.9 Å². The van der Waals surface area contributed by atoms with Gasteiger partial charge in [-0.15, -0.1) is 10.2 Å². The number of hydrogen-bond donors (Lipinski definition) is 1. The number of nitrogens with one attached hydrogen (secondary N) is 1. The van der Waals surface area contributed by atoms with Crippen LogP contribution in [0.5, 0.6) is 0 Å². The highest BCUT2D eigenvalue weighted by atomic mass is 35.5. The number of aromatic nitrogens is 4. The van der Waals surface area contributed by atoms with Crippen molar-refractivity contribution in [3.8, 4) is 11.4 Å². The zero-order valence-corrected chi connectivity index (χ0v) is 18.7. The number of carbonyl (C=O) groups is 1. The molecule has 1 fully saturated rings. The highest BCUT2D eigenvalue weighted by molar-refractivity contribution is 8.00. The lowest BCUT2D eigenvalue weighted by atomic mass is 10.2. The fourth-order valence-corrected chi connectivity index (χ4v) is 4.82. The van der Waals surface area contributed by atoms with Gasteiger partial charge in [0.25, 0.3) is 0 Å². The minimum absolute atomic E-state index is 0.157. The minimum Gasteiger partial charge on any atom is -0.310 e. The standard InChI is InChI=1S/C21H21Cl2N5OS/c1-13(20(29)25-18-11-10-14(22)12-24-18)30-21-27-26-19(16-8-4-5-9-17(16)23)28(21)15-6-2-3-7-15/h4-5,8-13,15H,2-3,6-7H2,1H3,(H,24,25,29). The van der Waals surface area contributed by atoms with Gasteiger partial charge in [-0.3, -0.25) is 9.36 Å². The number of hydrogen-bond acceptors (Lipinski definition) is 5. The fraction of sp³-hybridized carbons (Fsp3) is 0.333. The first-order valence-corrected chi connectivity index (χ1v) is 11.5. The Labute approximate surface area is 189 Å². The Morgan fingerprint density at radius 2 is 1.93 bits per heavy atom. The van der Waals surface area contributed by atoms with E-state index < -0.39 is 0 Å². The van der Waals surface area contributed by atoms with Gasteiger partial charge >= 0.3 is 0 Å². The van der Waals surface area contributed by atoms with E-state index in [1.165, 1.54) is 30.8 Å². The number of carbonyl (C=O) groups excluding carboxylic acids is 1. The molecule has 0 aliphatic heterocycles. The predicted octanol–water partition coefficient (Wildman–Crippen LogP) is 5.88.